The topological polar surface area (TPSA) is 436 Å². The Hall–Kier alpha value is -4.09. The maximum absolute atomic E-state index is 14.1. The number of methoxy groups -OCH3 is 1. The quantitative estimate of drug-likeness (QED) is 0.0407. The molecule has 0 saturated carbocycles. The standard InChI is InChI=1S/C34H44N15O17P3S2/c1-57-21-15(6-59-68(54,55)70)63-33(49-13-46-18-27(37)40-10-43-30(18)49)23(21)66-69(56,71)60-5-14-19(50)22(32(62-14)48-12-45-17-26(36)39-9-42-29(17)48)65-67(52,53)61-7-34-3-2-4-58-24(34)20(51)31(64-34)47-11-44-16-25(35)38-8-41-28(16)47/h8-15,19-24,31-33,50-51H,2-7H2,1H3,(H,52,53)(H,56,71)(H2,35,38,41)(H2,36,39,42)(H2,37,40,43)(H2,54,55,70)/t14-,15-,19?,20?,21?,22?,23?,24?,31-,32-,33-,34-,69?/m1/s1. The monoisotopic (exact) mass is 1090 g/mol. The van der Waals surface area contributed by atoms with Crippen molar-refractivity contribution < 1.29 is 80.3 Å². The number of aliphatic hydroxyl groups excluding tert-OH is 2. The number of nitrogens with zero attached hydrogens (tertiary/aromatic N) is 12. The Labute approximate surface area is 408 Å². The lowest BCUT2D eigenvalue weighted by Crippen LogP contribution is -2.51. The second-order valence-electron chi connectivity index (χ2n) is 16.5. The number of rotatable bonds is 17. The Kier molecular flexibility index (Phi) is 13.7. The molecule has 0 radical (unpaired) electrons. The van der Waals surface area contributed by atoms with Gasteiger partial charge in [-0.2, -0.15) is 0 Å². The molecular formula is C34H44N15O17P3S2. The predicted molar refractivity (Wildman–Crippen MR) is 244 cm³/mol. The first kappa shape index (κ1) is 50.4. The molecule has 6 aromatic rings. The Morgan fingerprint density at radius 2 is 1.24 bits per heavy atom. The van der Waals surface area contributed by atoms with Crippen LogP contribution < -0.4 is 17.2 Å². The van der Waals surface area contributed by atoms with Crippen LogP contribution in [0.3, 0.4) is 0 Å². The number of anilines is 3. The summed E-state index contributed by atoms with van der Waals surface area (Å²) < 4.78 is 88.7. The molecular weight excluding hydrogens is 1050 g/mol. The van der Waals surface area contributed by atoms with Gasteiger partial charge in [-0.15, -0.1) is 0 Å². The lowest BCUT2D eigenvalue weighted by molar-refractivity contribution is -0.165. The fourth-order valence-corrected chi connectivity index (χ4v) is 11.9. The van der Waals surface area contributed by atoms with Gasteiger partial charge >= 0.3 is 21.3 Å². The largest absolute Gasteiger partial charge is 0.472 e. The highest BCUT2D eigenvalue weighted by atomic mass is 32.7. The number of fused-ring (bicyclic) bond motifs is 4. The number of aliphatic hydroxyl groups is 2. The number of nitrogen functional groups attached to an aromatic ring is 3. The SMILES string of the molecule is COC1C(OP(O)(=S)OC[C@H]2O[C@@H](n3cnc4c(N)ncnc43)C(OP(=O)(O)OC[C@]34CCCOC3C(O)[C@H](n3cnc5c(N)ncnc53)O4)C2O)[C@H](n2cnc3c(N)ncnc32)O[C@@H]1COP(=O)(O)S. The van der Waals surface area contributed by atoms with Crippen molar-refractivity contribution in [3.63, 3.8) is 0 Å². The minimum Gasteiger partial charge on any atom is -0.387 e. The molecule has 15 atom stereocenters. The zero-order valence-corrected chi connectivity index (χ0v) is 40.9. The molecule has 0 amide bonds. The van der Waals surface area contributed by atoms with Crippen LogP contribution in [-0.4, -0.2) is 171 Å². The van der Waals surface area contributed by atoms with Crippen LogP contribution in [0.15, 0.2) is 38.0 Å². The van der Waals surface area contributed by atoms with Crippen molar-refractivity contribution in [3.05, 3.63) is 38.0 Å². The van der Waals surface area contributed by atoms with Gasteiger partial charge in [-0.3, -0.25) is 31.8 Å². The van der Waals surface area contributed by atoms with Gasteiger partial charge in [0.05, 0.1) is 38.8 Å². The van der Waals surface area contributed by atoms with E-state index in [1.54, 1.807) is 0 Å². The molecule has 4 aliphatic heterocycles. The second-order valence-corrected chi connectivity index (χ2v) is 23.4. The van der Waals surface area contributed by atoms with Gasteiger partial charge in [-0.25, -0.2) is 54.0 Å². The number of hydrogen-bond acceptors (Lipinski definition) is 27. The first-order valence-corrected chi connectivity index (χ1v) is 27.9. The third-order valence-electron chi connectivity index (χ3n) is 12.2. The van der Waals surface area contributed by atoms with Gasteiger partial charge < -0.3 is 70.3 Å². The van der Waals surface area contributed by atoms with Crippen molar-refractivity contribution in [1.29, 1.82) is 0 Å². The summed E-state index contributed by atoms with van der Waals surface area (Å²) in [5.74, 6) is 0.105. The molecule has 384 valence electrons. The smallest absolute Gasteiger partial charge is 0.387 e. The molecule has 4 aliphatic rings. The molecule has 9 unspecified atom stereocenters. The molecule has 11 N–H and O–H groups in total. The van der Waals surface area contributed by atoms with E-state index in [0.717, 1.165) is 6.33 Å². The molecule has 0 aromatic carbocycles. The van der Waals surface area contributed by atoms with Crippen molar-refractivity contribution in [2.75, 3.05) is 50.7 Å². The molecule has 10 heterocycles. The number of ether oxygens (including phenoxy) is 5. The van der Waals surface area contributed by atoms with E-state index in [2.05, 4.69) is 57.1 Å². The van der Waals surface area contributed by atoms with E-state index in [-0.39, 0.29) is 64.0 Å². The molecule has 37 heteroatoms. The van der Waals surface area contributed by atoms with E-state index in [4.69, 9.17) is 75.3 Å². The first-order valence-electron chi connectivity index (χ1n) is 21.1. The lowest BCUT2D eigenvalue weighted by atomic mass is 9.89. The van der Waals surface area contributed by atoms with Crippen LogP contribution in [0.4, 0.5) is 17.5 Å². The Bertz CT molecular complexity index is 3100. The van der Waals surface area contributed by atoms with Crippen LogP contribution in [0.1, 0.15) is 31.5 Å². The van der Waals surface area contributed by atoms with Gasteiger partial charge in [-0.1, -0.05) is 12.2 Å². The van der Waals surface area contributed by atoms with Gasteiger partial charge in [0.2, 0.25) is 0 Å². The van der Waals surface area contributed by atoms with Crippen LogP contribution in [0.5, 0.6) is 0 Å². The van der Waals surface area contributed by atoms with Crippen LogP contribution in [0.25, 0.3) is 33.5 Å². The van der Waals surface area contributed by atoms with Crippen LogP contribution in [0, 0.1) is 0 Å². The van der Waals surface area contributed by atoms with Crippen molar-refractivity contribution in [2.24, 2.45) is 0 Å². The fourth-order valence-electron chi connectivity index (χ4n) is 9.00. The lowest BCUT2D eigenvalue weighted by Gasteiger charge is -2.38. The summed E-state index contributed by atoms with van der Waals surface area (Å²) in [6, 6.07) is 0. The average molecular weight is 1090 g/mol. The van der Waals surface area contributed by atoms with E-state index in [1.807, 2.05) is 0 Å². The molecule has 4 fully saturated rings. The van der Waals surface area contributed by atoms with Gasteiger partial charge in [0.25, 0.3) is 0 Å². The highest BCUT2D eigenvalue weighted by molar-refractivity contribution is 8.44. The summed E-state index contributed by atoms with van der Waals surface area (Å²) in [5, 5.41) is 23.4. The van der Waals surface area contributed by atoms with E-state index in [1.165, 1.54) is 52.4 Å². The highest BCUT2D eigenvalue weighted by Gasteiger charge is 2.59. The summed E-state index contributed by atoms with van der Waals surface area (Å²) >= 11 is 9.03. The number of phosphoric ester groups is 1. The molecule has 6 aromatic heterocycles. The summed E-state index contributed by atoms with van der Waals surface area (Å²) in [7, 11) is -4.00. The van der Waals surface area contributed by atoms with Gasteiger partial charge in [-0.05, 0) is 24.6 Å². The van der Waals surface area contributed by atoms with E-state index in [9.17, 15) is 34.0 Å². The minimum atomic E-state index is -5.27. The number of hydrogen-bond donors (Lipinski definition) is 9. The van der Waals surface area contributed by atoms with Crippen LogP contribution in [0.2, 0.25) is 0 Å². The molecule has 71 heavy (non-hydrogen) atoms. The Balaban J connectivity index is 0.884. The van der Waals surface area contributed by atoms with E-state index >= 15 is 0 Å². The summed E-state index contributed by atoms with van der Waals surface area (Å²) in [6.07, 6.45) is -7.19. The van der Waals surface area contributed by atoms with Crippen LogP contribution in [-0.2, 0) is 67.2 Å². The number of nitrogens with two attached hydrogens (primary N) is 3. The third kappa shape index (κ3) is 9.66. The van der Waals surface area contributed by atoms with Crippen molar-refractivity contribution in [2.45, 2.75) is 86.0 Å². The fraction of sp³-hybridized carbons (Fsp3) is 0.559. The van der Waals surface area contributed by atoms with Crippen molar-refractivity contribution >= 4 is 96.3 Å². The Morgan fingerprint density at radius 3 is 1.79 bits per heavy atom. The number of imidazole rings is 3. The summed E-state index contributed by atoms with van der Waals surface area (Å²) in [6.45, 7) is -10.5. The molecule has 0 spiro atoms. The molecule has 0 bridgehead atoms. The molecule has 4 saturated heterocycles. The number of aromatic nitrogens is 12. The maximum atomic E-state index is 14.1. The normalized spacial score (nSPS) is 32.6. The zero-order chi connectivity index (χ0) is 50.2. The number of phosphoric acid groups is 1. The average Bonchev–Trinajstić information content (AvgIpc) is 4.19. The summed E-state index contributed by atoms with van der Waals surface area (Å²) in [4.78, 5) is 70.1. The highest BCUT2D eigenvalue weighted by Crippen LogP contribution is 2.55. The maximum Gasteiger partial charge on any atom is 0.472 e. The second kappa shape index (κ2) is 19.3. The van der Waals surface area contributed by atoms with Gasteiger partial charge in [0.1, 0.15) is 90.0 Å². The third-order valence-corrected chi connectivity index (χ3v) is 15.5. The number of thiol groups is 1. The van der Waals surface area contributed by atoms with E-state index in [0.29, 0.717) is 6.42 Å². The van der Waals surface area contributed by atoms with Crippen molar-refractivity contribution in [3.8, 4) is 0 Å². The predicted octanol–water partition coefficient (Wildman–Crippen LogP) is -0.601. The zero-order valence-electron chi connectivity index (χ0n) is 36.5. The first-order chi connectivity index (χ1) is 33.8. The Morgan fingerprint density at radius 1 is 0.718 bits per heavy atom. The molecule has 32 nitrogen and oxygen atoms in total. The van der Waals surface area contributed by atoms with Gasteiger partial charge in [0.15, 0.2) is 53.1 Å². The summed E-state index contributed by atoms with van der Waals surface area (Å²) in [5.41, 5.74) is 17.6. The molecule has 10 rings (SSSR count). The van der Waals surface area contributed by atoms with Crippen molar-refractivity contribution in [1.82, 2.24) is 58.6 Å². The van der Waals surface area contributed by atoms with Gasteiger partial charge in [0, 0.05) is 13.7 Å². The van der Waals surface area contributed by atoms with E-state index < -0.39 is 114 Å². The van der Waals surface area contributed by atoms with Crippen LogP contribution >= 0.6 is 33.6 Å². The minimum absolute atomic E-state index is 0.0212. The molecule has 0 aliphatic carbocycles.